The lowest BCUT2D eigenvalue weighted by Crippen LogP contribution is -2.33. The van der Waals surface area contributed by atoms with Gasteiger partial charge in [-0.15, -0.1) is 0 Å². The molecule has 0 spiro atoms. The van der Waals surface area contributed by atoms with Gasteiger partial charge < -0.3 is 28.9 Å². The van der Waals surface area contributed by atoms with Crippen molar-refractivity contribution in [1.82, 2.24) is 9.88 Å². The van der Waals surface area contributed by atoms with Crippen molar-refractivity contribution in [3.63, 3.8) is 0 Å². The summed E-state index contributed by atoms with van der Waals surface area (Å²) in [5, 5.41) is 11.8. The molecule has 9 heteroatoms. The van der Waals surface area contributed by atoms with Crippen LogP contribution >= 0.6 is 0 Å². The minimum absolute atomic E-state index is 0.0103. The van der Waals surface area contributed by atoms with Gasteiger partial charge in [0.05, 0.1) is 37.7 Å². The first-order valence-corrected chi connectivity index (χ1v) is 11.6. The Labute approximate surface area is 211 Å². The molecule has 1 amide bonds. The van der Waals surface area contributed by atoms with Gasteiger partial charge in [0.25, 0.3) is 5.91 Å². The van der Waals surface area contributed by atoms with E-state index in [4.69, 9.17) is 13.9 Å². The Morgan fingerprint density at radius 2 is 1.89 bits per heavy atom. The third-order valence-electron chi connectivity index (χ3n) is 6.54. The van der Waals surface area contributed by atoms with Crippen molar-refractivity contribution in [2.75, 3.05) is 20.8 Å². The fraction of sp³-hybridized carbons (Fsp3) is 0.179. The molecule has 0 aliphatic carbocycles. The summed E-state index contributed by atoms with van der Waals surface area (Å²) in [5.74, 6) is -1.66. The van der Waals surface area contributed by atoms with E-state index in [1.165, 1.54) is 24.3 Å². The molecule has 4 aromatic rings. The number of fused-ring (bicyclic) bond motifs is 1. The van der Waals surface area contributed by atoms with Gasteiger partial charge in [-0.1, -0.05) is 12.1 Å². The van der Waals surface area contributed by atoms with Gasteiger partial charge in [-0.2, -0.15) is 0 Å². The van der Waals surface area contributed by atoms with Crippen molar-refractivity contribution < 1.29 is 33.4 Å². The number of aliphatic hydroxyl groups is 1. The number of amides is 1. The lowest BCUT2D eigenvalue weighted by molar-refractivity contribution is -0.129. The Morgan fingerprint density at radius 3 is 2.57 bits per heavy atom. The van der Waals surface area contributed by atoms with E-state index < -0.39 is 29.5 Å². The average Bonchev–Trinajstić information content (AvgIpc) is 3.66. The first-order chi connectivity index (χ1) is 17.9. The SMILES string of the molecule is COC(=O)c1ccc([C@@H]2C(C(=O)c3ccco3)=C(O)C(=O)N2CCc2c[nH]c3ccc(OC)cc23)cc1. The first kappa shape index (κ1) is 23.9. The van der Waals surface area contributed by atoms with Crippen LogP contribution in [0.15, 0.2) is 82.8 Å². The van der Waals surface area contributed by atoms with Crippen LogP contribution in [0.4, 0.5) is 0 Å². The second-order valence-electron chi connectivity index (χ2n) is 8.56. The second kappa shape index (κ2) is 9.69. The number of hydrogen-bond acceptors (Lipinski definition) is 7. The summed E-state index contributed by atoms with van der Waals surface area (Å²) in [4.78, 5) is 43.1. The van der Waals surface area contributed by atoms with Crippen molar-refractivity contribution in [1.29, 1.82) is 0 Å². The highest BCUT2D eigenvalue weighted by Crippen LogP contribution is 2.39. The number of benzene rings is 2. The zero-order chi connectivity index (χ0) is 26.1. The largest absolute Gasteiger partial charge is 0.503 e. The number of nitrogens with zero attached hydrogens (tertiary/aromatic N) is 1. The first-order valence-electron chi connectivity index (χ1n) is 11.6. The zero-order valence-electron chi connectivity index (χ0n) is 20.2. The third kappa shape index (κ3) is 4.24. The maximum atomic E-state index is 13.3. The summed E-state index contributed by atoms with van der Waals surface area (Å²) in [6.07, 6.45) is 3.67. The minimum Gasteiger partial charge on any atom is -0.503 e. The molecular formula is C28H24N2O7. The van der Waals surface area contributed by atoms with E-state index in [1.54, 1.807) is 37.4 Å². The maximum Gasteiger partial charge on any atom is 0.337 e. The number of rotatable bonds is 8. The number of aliphatic hydroxyl groups excluding tert-OH is 1. The van der Waals surface area contributed by atoms with Crippen LogP contribution in [0.3, 0.4) is 0 Å². The van der Waals surface area contributed by atoms with Crippen molar-refractivity contribution in [3.8, 4) is 5.75 Å². The molecule has 1 atom stereocenters. The van der Waals surface area contributed by atoms with Crippen molar-refractivity contribution in [3.05, 3.63) is 101 Å². The summed E-state index contributed by atoms with van der Waals surface area (Å²) in [6, 6.07) is 14.2. The van der Waals surface area contributed by atoms with E-state index in [1.807, 2.05) is 24.4 Å². The number of carbonyl (C=O) groups excluding carboxylic acids is 3. The Balaban J connectivity index is 1.51. The zero-order valence-corrected chi connectivity index (χ0v) is 20.2. The number of methoxy groups -OCH3 is 2. The molecule has 0 bridgehead atoms. The highest BCUT2D eigenvalue weighted by molar-refractivity contribution is 6.15. The number of aromatic nitrogens is 1. The van der Waals surface area contributed by atoms with E-state index >= 15 is 0 Å². The summed E-state index contributed by atoms with van der Waals surface area (Å²) in [6.45, 7) is 0.214. The fourth-order valence-electron chi connectivity index (χ4n) is 4.65. The molecule has 1 aliphatic rings. The number of Topliss-reactive ketones (excluding diaryl/α,β-unsaturated/α-hetero) is 1. The normalized spacial score (nSPS) is 15.5. The summed E-state index contributed by atoms with van der Waals surface area (Å²) < 4.78 is 15.4. The van der Waals surface area contributed by atoms with Crippen LogP contribution < -0.4 is 4.74 Å². The van der Waals surface area contributed by atoms with Gasteiger partial charge in [-0.25, -0.2) is 4.79 Å². The summed E-state index contributed by atoms with van der Waals surface area (Å²) >= 11 is 0. The lowest BCUT2D eigenvalue weighted by Gasteiger charge is -2.26. The van der Waals surface area contributed by atoms with Crippen LogP contribution in [-0.2, 0) is 16.0 Å². The molecular weight excluding hydrogens is 476 g/mol. The number of esters is 1. The average molecular weight is 501 g/mol. The Hall–Kier alpha value is -4.79. The van der Waals surface area contributed by atoms with Crippen molar-refractivity contribution in [2.24, 2.45) is 0 Å². The van der Waals surface area contributed by atoms with E-state index in [2.05, 4.69) is 4.98 Å². The Bertz CT molecular complexity index is 1510. The highest BCUT2D eigenvalue weighted by atomic mass is 16.5. The second-order valence-corrected chi connectivity index (χ2v) is 8.56. The Morgan fingerprint density at radius 1 is 1.11 bits per heavy atom. The number of ether oxygens (including phenoxy) is 2. The highest BCUT2D eigenvalue weighted by Gasteiger charge is 2.44. The van der Waals surface area contributed by atoms with Gasteiger partial charge in [-0.3, -0.25) is 9.59 Å². The summed E-state index contributed by atoms with van der Waals surface area (Å²) in [5.41, 5.74) is 2.67. The number of hydrogen-bond donors (Lipinski definition) is 2. The van der Waals surface area contributed by atoms with Gasteiger partial charge in [0.15, 0.2) is 11.5 Å². The minimum atomic E-state index is -0.878. The lowest BCUT2D eigenvalue weighted by atomic mass is 9.94. The van der Waals surface area contributed by atoms with Gasteiger partial charge in [-0.05, 0) is 60.0 Å². The number of aromatic amines is 1. The molecule has 0 saturated carbocycles. The van der Waals surface area contributed by atoms with E-state index in [0.29, 0.717) is 23.3 Å². The quantitative estimate of drug-likeness (QED) is 0.272. The number of furan rings is 1. The van der Waals surface area contributed by atoms with E-state index in [-0.39, 0.29) is 17.9 Å². The Kier molecular flexibility index (Phi) is 6.27. The van der Waals surface area contributed by atoms with E-state index in [9.17, 15) is 19.5 Å². The number of H-pyrrole nitrogens is 1. The molecule has 0 unspecified atom stereocenters. The molecule has 37 heavy (non-hydrogen) atoms. The van der Waals surface area contributed by atoms with E-state index in [0.717, 1.165) is 16.5 Å². The number of ketones is 1. The molecule has 5 rings (SSSR count). The molecule has 0 saturated heterocycles. The molecule has 0 radical (unpaired) electrons. The van der Waals surface area contributed by atoms with Crippen LogP contribution in [0.5, 0.6) is 5.75 Å². The summed E-state index contributed by atoms with van der Waals surface area (Å²) in [7, 11) is 2.88. The van der Waals surface area contributed by atoms with Gasteiger partial charge in [0.2, 0.25) is 5.78 Å². The van der Waals surface area contributed by atoms with Crippen LogP contribution in [0.2, 0.25) is 0 Å². The molecule has 2 N–H and O–H groups in total. The molecule has 9 nitrogen and oxygen atoms in total. The van der Waals surface area contributed by atoms with Crippen molar-refractivity contribution in [2.45, 2.75) is 12.5 Å². The molecule has 2 aromatic carbocycles. The maximum absolute atomic E-state index is 13.3. The predicted molar refractivity (Wildman–Crippen MR) is 133 cm³/mol. The molecule has 188 valence electrons. The van der Waals surface area contributed by atoms with Crippen LogP contribution in [0.1, 0.15) is 38.1 Å². The monoisotopic (exact) mass is 500 g/mol. The van der Waals surface area contributed by atoms with Crippen LogP contribution in [0, 0.1) is 0 Å². The van der Waals surface area contributed by atoms with Gasteiger partial charge >= 0.3 is 5.97 Å². The van der Waals surface area contributed by atoms with Crippen LogP contribution in [-0.4, -0.2) is 53.4 Å². The third-order valence-corrected chi connectivity index (χ3v) is 6.54. The predicted octanol–water partition coefficient (Wildman–Crippen LogP) is 4.38. The molecule has 2 aromatic heterocycles. The smallest absolute Gasteiger partial charge is 0.337 e. The fourth-order valence-corrected chi connectivity index (χ4v) is 4.65. The van der Waals surface area contributed by atoms with Crippen molar-refractivity contribution >= 4 is 28.6 Å². The molecule has 3 heterocycles. The number of nitrogens with one attached hydrogen (secondary N) is 1. The molecule has 1 aliphatic heterocycles. The van der Waals surface area contributed by atoms with Gasteiger partial charge in [0.1, 0.15) is 5.75 Å². The number of carbonyl (C=O) groups is 3. The van der Waals surface area contributed by atoms with Crippen LogP contribution in [0.25, 0.3) is 10.9 Å². The standard InChI is InChI=1S/C28H24N2O7/c1-35-19-9-10-21-20(14-19)18(15-29-21)11-12-30-24(16-5-7-17(8-6-16)28(34)36-2)23(26(32)27(30)33)25(31)22-4-3-13-37-22/h3-10,13-15,24,29,32H,11-12H2,1-2H3/t24-/m1/s1. The van der Waals surface area contributed by atoms with Gasteiger partial charge in [0, 0.05) is 23.6 Å². The topological polar surface area (TPSA) is 122 Å². The molecule has 0 fully saturated rings.